The first-order valence-electron chi connectivity index (χ1n) is 11.1. The van der Waals surface area contributed by atoms with Crippen LogP contribution in [0, 0.1) is 0 Å². The van der Waals surface area contributed by atoms with Crippen molar-refractivity contribution < 1.29 is 93.7 Å². The SMILES string of the molecule is COc1cc(N=Nc2cc(S(=O)(=O)[O-])ccc2[O-])c(N=Nc2c(S(=O)(=O)[O-])cc3cc(N)ccc3c2[O-])cc1OC.[Cu+2].[H+].[Na+]. The van der Waals surface area contributed by atoms with E-state index in [1.807, 2.05) is 0 Å². The Bertz CT molecular complexity index is 1980. The van der Waals surface area contributed by atoms with Crippen LogP contribution in [0.2, 0.25) is 0 Å². The van der Waals surface area contributed by atoms with Gasteiger partial charge in [0.25, 0.3) is 0 Å². The van der Waals surface area contributed by atoms with E-state index in [0.29, 0.717) is 0 Å². The van der Waals surface area contributed by atoms with E-state index in [0.717, 1.165) is 24.3 Å². The van der Waals surface area contributed by atoms with Gasteiger partial charge >= 0.3 is 48.1 Å². The molecule has 0 aromatic heterocycles. The van der Waals surface area contributed by atoms with Crippen LogP contribution in [0.15, 0.2) is 84.8 Å². The summed E-state index contributed by atoms with van der Waals surface area (Å²) in [6.07, 6.45) is 0. The van der Waals surface area contributed by atoms with Gasteiger partial charge in [-0.05, 0) is 41.1 Å². The zero-order valence-electron chi connectivity index (χ0n) is 23.3. The van der Waals surface area contributed by atoms with Crippen molar-refractivity contribution >= 4 is 59.4 Å². The first-order chi connectivity index (χ1) is 19.2. The van der Waals surface area contributed by atoms with Gasteiger partial charge in [-0.3, -0.25) is 0 Å². The molecule has 0 aliphatic carbocycles. The number of benzene rings is 4. The minimum atomic E-state index is -5.21. The molecular formula is C24H18CuN5NaO10S2. The standard InChI is InChI=1S/C24H21N5O10S2.Cu.Na/c1-38-20-10-16(26-28-18-9-14(40(32,33)34)4-6-19(18)30)17(11-21(20)39-2)27-29-23-22(41(35,36)37)8-12-7-13(25)3-5-15(12)24(23)31;;/h3-11,30-31H,25H2,1-2H3,(H,32,33,34)(H,35,36,37);;/q;+2;+1/p-3. The number of ether oxygens (including phenoxy) is 2. The van der Waals surface area contributed by atoms with Gasteiger partial charge in [0.2, 0.25) is 0 Å². The molecule has 1 radical (unpaired) electrons. The van der Waals surface area contributed by atoms with E-state index >= 15 is 0 Å². The van der Waals surface area contributed by atoms with Crippen molar-refractivity contribution in [3.05, 3.63) is 54.6 Å². The minimum absolute atomic E-state index is 0. The maximum absolute atomic E-state index is 13.1. The van der Waals surface area contributed by atoms with Gasteiger partial charge in [-0.25, -0.2) is 16.8 Å². The summed E-state index contributed by atoms with van der Waals surface area (Å²) in [5, 5.41) is 40.6. The number of nitrogens with two attached hydrogens (primary N) is 1. The molecule has 0 atom stereocenters. The number of hydrogen-bond acceptors (Lipinski definition) is 15. The Kier molecular flexibility index (Phi) is 11.7. The third-order valence-electron chi connectivity index (χ3n) is 5.55. The molecule has 223 valence electrons. The van der Waals surface area contributed by atoms with Crippen LogP contribution in [0.3, 0.4) is 0 Å². The topological polar surface area (TPSA) is 254 Å². The van der Waals surface area contributed by atoms with Crippen molar-refractivity contribution in [3.63, 3.8) is 0 Å². The summed E-state index contributed by atoms with van der Waals surface area (Å²) in [6, 6.07) is 9.84. The largest absolute Gasteiger partial charge is 2.00 e. The predicted octanol–water partition coefficient (Wildman–Crippen LogP) is 0.339. The summed E-state index contributed by atoms with van der Waals surface area (Å²) >= 11 is 0. The van der Waals surface area contributed by atoms with Crippen LogP contribution in [0.25, 0.3) is 10.8 Å². The van der Waals surface area contributed by atoms with Crippen LogP contribution in [0.1, 0.15) is 1.43 Å². The zero-order chi connectivity index (χ0) is 30.1. The second-order valence-corrected chi connectivity index (χ2v) is 10.9. The molecule has 0 aliphatic heterocycles. The van der Waals surface area contributed by atoms with E-state index in [9.17, 15) is 36.2 Å². The number of rotatable bonds is 8. The van der Waals surface area contributed by atoms with Crippen LogP contribution < -0.4 is 55.0 Å². The molecule has 15 nitrogen and oxygen atoms in total. The van der Waals surface area contributed by atoms with Crippen LogP contribution in [0.4, 0.5) is 28.4 Å². The summed E-state index contributed by atoms with van der Waals surface area (Å²) in [5.41, 5.74) is 4.27. The molecule has 0 bridgehead atoms. The Balaban J connectivity index is 0.00000323. The predicted molar refractivity (Wildman–Crippen MR) is 139 cm³/mol. The maximum Gasteiger partial charge on any atom is 2.00 e. The molecule has 0 heterocycles. The third kappa shape index (κ3) is 7.99. The Morgan fingerprint density at radius 3 is 1.84 bits per heavy atom. The van der Waals surface area contributed by atoms with Gasteiger partial charge < -0.3 is 34.5 Å². The summed E-state index contributed by atoms with van der Waals surface area (Å²) in [4.78, 5) is -1.66. The number of nitrogens with zero attached hydrogens (tertiary/aromatic N) is 4. The molecule has 0 aliphatic rings. The van der Waals surface area contributed by atoms with Crippen LogP contribution in [0.5, 0.6) is 23.0 Å². The Morgan fingerprint density at radius 1 is 0.744 bits per heavy atom. The van der Waals surface area contributed by atoms with E-state index in [-0.39, 0.29) is 87.4 Å². The Labute approximate surface area is 279 Å². The van der Waals surface area contributed by atoms with Gasteiger partial charge in [0.1, 0.15) is 31.6 Å². The summed E-state index contributed by atoms with van der Waals surface area (Å²) in [7, 11) is -7.51. The average molecular weight is 687 g/mol. The fourth-order valence-electron chi connectivity index (χ4n) is 3.60. The summed E-state index contributed by atoms with van der Waals surface area (Å²) in [5.74, 6) is -1.48. The molecule has 0 unspecified atom stereocenters. The summed E-state index contributed by atoms with van der Waals surface area (Å²) in [6.45, 7) is 0. The molecule has 4 aromatic rings. The fourth-order valence-corrected chi connectivity index (χ4v) is 4.73. The first kappa shape index (κ1) is 35.9. The van der Waals surface area contributed by atoms with Crippen LogP contribution >= 0.6 is 0 Å². The van der Waals surface area contributed by atoms with Gasteiger partial charge in [0.15, 0.2) is 11.5 Å². The number of methoxy groups -OCH3 is 2. The van der Waals surface area contributed by atoms with Crippen LogP contribution in [-0.2, 0) is 37.3 Å². The zero-order valence-corrected chi connectivity index (χ0v) is 26.8. The van der Waals surface area contributed by atoms with Crippen molar-refractivity contribution in [2.45, 2.75) is 9.79 Å². The van der Waals surface area contributed by atoms with Gasteiger partial charge in [0.05, 0.1) is 35.4 Å². The Morgan fingerprint density at radius 2 is 1.30 bits per heavy atom. The van der Waals surface area contributed by atoms with E-state index in [4.69, 9.17) is 15.2 Å². The molecule has 0 saturated heterocycles. The van der Waals surface area contributed by atoms with Gasteiger partial charge in [-0.1, -0.05) is 23.6 Å². The third-order valence-corrected chi connectivity index (χ3v) is 7.23. The molecule has 0 amide bonds. The quantitative estimate of drug-likeness (QED) is 0.114. The normalized spacial score (nSPS) is 11.8. The molecule has 0 saturated carbocycles. The van der Waals surface area contributed by atoms with Gasteiger partial charge in [-0.15, -0.1) is 15.3 Å². The van der Waals surface area contributed by atoms with Gasteiger partial charge in [-0.2, -0.15) is 5.11 Å². The monoisotopic (exact) mass is 686 g/mol. The molecular weight excluding hydrogens is 669 g/mol. The maximum atomic E-state index is 13.1. The second-order valence-electron chi connectivity index (χ2n) is 8.17. The fraction of sp³-hybridized carbons (Fsp3) is 0.0833. The molecule has 0 fully saturated rings. The van der Waals surface area contributed by atoms with E-state index in [2.05, 4.69) is 20.5 Å². The number of nitrogen functional groups attached to an aromatic ring is 1. The molecule has 0 spiro atoms. The molecule has 4 aromatic carbocycles. The molecule has 4 rings (SSSR count). The van der Waals surface area contributed by atoms with Crippen molar-refractivity contribution in [2.75, 3.05) is 20.0 Å². The number of hydrogen-bond donors (Lipinski definition) is 1. The summed E-state index contributed by atoms with van der Waals surface area (Å²) < 4.78 is 80.4. The van der Waals surface area contributed by atoms with Gasteiger partial charge in [0, 0.05) is 17.8 Å². The number of fused-ring (bicyclic) bond motifs is 1. The van der Waals surface area contributed by atoms with Crippen molar-refractivity contribution in [3.8, 4) is 23.0 Å². The molecule has 2 N–H and O–H groups in total. The van der Waals surface area contributed by atoms with Crippen molar-refractivity contribution in [1.82, 2.24) is 0 Å². The average Bonchev–Trinajstić information content (AvgIpc) is 2.90. The second kappa shape index (κ2) is 14.0. The van der Waals surface area contributed by atoms with Crippen molar-refractivity contribution in [1.29, 1.82) is 0 Å². The minimum Gasteiger partial charge on any atom is -0.871 e. The first-order valence-corrected chi connectivity index (χ1v) is 13.9. The van der Waals surface area contributed by atoms with E-state index < -0.39 is 52.9 Å². The van der Waals surface area contributed by atoms with Crippen molar-refractivity contribution in [2.24, 2.45) is 20.5 Å². The van der Waals surface area contributed by atoms with Crippen LogP contribution in [-0.4, -0.2) is 40.2 Å². The molecule has 43 heavy (non-hydrogen) atoms. The molecule has 19 heteroatoms. The number of anilines is 1. The smallest absolute Gasteiger partial charge is 0.871 e. The number of azo groups is 2. The van der Waals surface area contributed by atoms with E-state index in [1.54, 1.807) is 0 Å². The van der Waals surface area contributed by atoms with E-state index in [1.165, 1.54) is 44.6 Å². The Hall–Kier alpha value is -3.32.